The average molecular weight is 458 g/mol. The first kappa shape index (κ1) is 21.5. The summed E-state index contributed by atoms with van der Waals surface area (Å²) in [4.78, 5) is 39.5. The van der Waals surface area contributed by atoms with E-state index in [0.717, 1.165) is 0 Å². The third kappa shape index (κ3) is 3.18. The van der Waals surface area contributed by atoms with Gasteiger partial charge in [-0.15, -0.1) is 0 Å². The molecule has 0 saturated heterocycles. The molecule has 0 saturated carbocycles. The Labute approximate surface area is 195 Å². The SMILES string of the molecule is COc1cccc2c1C(=O)c1c(O)c3c(c(O)c1C2=O)CC(C(=O)Nc1ccc(N)cc1)CC3. The number of hydrogen-bond acceptors (Lipinski definition) is 7. The number of anilines is 2. The maximum Gasteiger partial charge on any atom is 0.227 e. The molecule has 0 spiro atoms. The largest absolute Gasteiger partial charge is 0.507 e. The number of rotatable bonds is 3. The van der Waals surface area contributed by atoms with E-state index in [1.807, 2.05) is 0 Å². The van der Waals surface area contributed by atoms with Gasteiger partial charge in [0.15, 0.2) is 5.78 Å². The van der Waals surface area contributed by atoms with Crippen LogP contribution in [0.1, 0.15) is 49.4 Å². The Bertz CT molecular complexity index is 1380. The van der Waals surface area contributed by atoms with Crippen LogP contribution in [0.15, 0.2) is 42.5 Å². The fourth-order valence-electron chi connectivity index (χ4n) is 4.84. The second-order valence-corrected chi connectivity index (χ2v) is 8.50. The average Bonchev–Trinajstić information content (AvgIpc) is 2.85. The Balaban J connectivity index is 1.53. The number of phenols is 2. The van der Waals surface area contributed by atoms with Gasteiger partial charge in [0.25, 0.3) is 0 Å². The summed E-state index contributed by atoms with van der Waals surface area (Å²) in [6.07, 6.45) is 0.791. The number of amides is 1. The summed E-state index contributed by atoms with van der Waals surface area (Å²) in [6, 6.07) is 11.4. The number of fused-ring (bicyclic) bond motifs is 3. The number of methoxy groups -OCH3 is 1. The van der Waals surface area contributed by atoms with Gasteiger partial charge in [-0.1, -0.05) is 12.1 Å². The second kappa shape index (κ2) is 7.91. The number of nitrogen functional groups attached to an aromatic ring is 1. The molecule has 172 valence electrons. The highest BCUT2D eigenvalue weighted by Gasteiger charge is 2.41. The van der Waals surface area contributed by atoms with E-state index in [0.29, 0.717) is 28.9 Å². The van der Waals surface area contributed by atoms with Crippen molar-refractivity contribution in [3.63, 3.8) is 0 Å². The van der Waals surface area contributed by atoms with Gasteiger partial charge in [-0.2, -0.15) is 0 Å². The third-order valence-corrected chi connectivity index (χ3v) is 6.57. The van der Waals surface area contributed by atoms with E-state index in [-0.39, 0.29) is 58.3 Å². The maximum atomic E-state index is 13.3. The standard InChI is InChI=1S/C26H22N2O6/c1-34-18-4-2-3-16-19(18)25(32)21-20(23(16)30)24(31)17-11-12(5-10-15(17)22(21)29)26(33)28-14-8-6-13(27)7-9-14/h2-4,6-9,12,29,31H,5,10-11,27H2,1H3,(H,28,33). The predicted molar refractivity (Wildman–Crippen MR) is 125 cm³/mol. The molecule has 0 radical (unpaired) electrons. The molecule has 8 heteroatoms. The smallest absolute Gasteiger partial charge is 0.227 e. The van der Waals surface area contributed by atoms with Crippen molar-refractivity contribution in [1.29, 1.82) is 0 Å². The molecular weight excluding hydrogens is 436 g/mol. The van der Waals surface area contributed by atoms with E-state index < -0.39 is 17.5 Å². The van der Waals surface area contributed by atoms with Crippen molar-refractivity contribution in [2.24, 2.45) is 5.92 Å². The monoisotopic (exact) mass is 458 g/mol. The van der Waals surface area contributed by atoms with Gasteiger partial charge in [0.05, 0.1) is 23.8 Å². The van der Waals surface area contributed by atoms with E-state index in [1.54, 1.807) is 36.4 Å². The van der Waals surface area contributed by atoms with Gasteiger partial charge in [0.2, 0.25) is 11.7 Å². The lowest BCUT2D eigenvalue weighted by Crippen LogP contribution is -2.30. The molecule has 34 heavy (non-hydrogen) atoms. The molecule has 1 amide bonds. The number of carbonyl (C=O) groups excluding carboxylic acids is 3. The Morgan fingerprint density at radius 2 is 1.65 bits per heavy atom. The minimum atomic E-state index is -0.583. The van der Waals surface area contributed by atoms with Crippen LogP contribution in [-0.2, 0) is 17.6 Å². The molecule has 2 aliphatic rings. The number of aromatic hydroxyl groups is 2. The molecule has 0 fully saturated rings. The number of hydrogen-bond donors (Lipinski definition) is 4. The zero-order chi connectivity index (χ0) is 24.1. The molecule has 3 aromatic carbocycles. The van der Waals surface area contributed by atoms with Crippen LogP contribution in [0, 0.1) is 5.92 Å². The van der Waals surface area contributed by atoms with Crippen LogP contribution in [0.2, 0.25) is 0 Å². The summed E-state index contributed by atoms with van der Waals surface area (Å²) in [5.74, 6) is -2.36. The van der Waals surface area contributed by atoms with Gasteiger partial charge in [-0.3, -0.25) is 14.4 Å². The summed E-state index contributed by atoms with van der Waals surface area (Å²) in [6.45, 7) is 0. The van der Waals surface area contributed by atoms with E-state index in [9.17, 15) is 24.6 Å². The number of nitrogens with two attached hydrogens (primary N) is 1. The van der Waals surface area contributed by atoms with Gasteiger partial charge >= 0.3 is 0 Å². The Morgan fingerprint density at radius 1 is 0.971 bits per heavy atom. The summed E-state index contributed by atoms with van der Waals surface area (Å²) in [7, 11) is 1.39. The summed E-state index contributed by atoms with van der Waals surface area (Å²) in [5, 5.41) is 25.0. The van der Waals surface area contributed by atoms with Gasteiger partial charge in [-0.25, -0.2) is 0 Å². The van der Waals surface area contributed by atoms with Crippen molar-refractivity contribution in [3.05, 3.63) is 75.8 Å². The summed E-state index contributed by atoms with van der Waals surface area (Å²) >= 11 is 0. The van der Waals surface area contributed by atoms with Crippen molar-refractivity contribution in [2.45, 2.75) is 19.3 Å². The van der Waals surface area contributed by atoms with Crippen LogP contribution < -0.4 is 15.8 Å². The second-order valence-electron chi connectivity index (χ2n) is 8.50. The Kier molecular flexibility index (Phi) is 5.01. The van der Waals surface area contributed by atoms with Crippen LogP contribution in [0.25, 0.3) is 0 Å². The van der Waals surface area contributed by atoms with Crippen LogP contribution in [0.5, 0.6) is 17.2 Å². The van der Waals surface area contributed by atoms with Crippen molar-refractivity contribution < 1.29 is 29.3 Å². The normalized spacial score (nSPS) is 16.3. The lowest BCUT2D eigenvalue weighted by Gasteiger charge is -2.29. The van der Waals surface area contributed by atoms with Gasteiger partial charge < -0.3 is 26.0 Å². The van der Waals surface area contributed by atoms with E-state index in [4.69, 9.17) is 10.5 Å². The fourth-order valence-corrected chi connectivity index (χ4v) is 4.84. The van der Waals surface area contributed by atoms with Crippen LogP contribution in [0.3, 0.4) is 0 Å². The number of ketones is 2. The number of benzene rings is 3. The molecule has 0 aliphatic heterocycles. The van der Waals surface area contributed by atoms with Crippen molar-refractivity contribution in [1.82, 2.24) is 0 Å². The highest BCUT2D eigenvalue weighted by molar-refractivity contribution is 6.31. The highest BCUT2D eigenvalue weighted by Crippen LogP contribution is 2.47. The fraction of sp³-hybridized carbons (Fsp3) is 0.192. The molecule has 5 N–H and O–H groups in total. The van der Waals surface area contributed by atoms with Crippen molar-refractivity contribution in [2.75, 3.05) is 18.2 Å². The number of ether oxygens (including phenoxy) is 1. The topological polar surface area (TPSA) is 139 Å². The third-order valence-electron chi connectivity index (χ3n) is 6.57. The molecular formula is C26H22N2O6. The van der Waals surface area contributed by atoms with Gasteiger partial charge in [0, 0.05) is 34.0 Å². The first-order valence-corrected chi connectivity index (χ1v) is 10.8. The molecule has 0 bridgehead atoms. The predicted octanol–water partition coefficient (Wildman–Crippen LogP) is 3.21. The Hall–Kier alpha value is -4.33. The summed E-state index contributed by atoms with van der Waals surface area (Å²) < 4.78 is 5.26. The molecule has 0 aromatic heterocycles. The van der Waals surface area contributed by atoms with Gasteiger partial charge in [-0.05, 0) is 49.6 Å². The lowest BCUT2D eigenvalue weighted by molar-refractivity contribution is -0.120. The van der Waals surface area contributed by atoms with E-state index in [2.05, 4.69) is 5.32 Å². The number of nitrogens with one attached hydrogen (secondary N) is 1. The minimum Gasteiger partial charge on any atom is -0.507 e. The van der Waals surface area contributed by atoms with E-state index in [1.165, 1.54) is 13.2 Å². The number of phenolic OH excluding ortho intramolecular Hbond substituents is 2. The summed E-state index contributed by atoms with van der Waals surface area (Å²) in [5.41, 5.74) is 7.25. The minimum absolute atomic E-state index is 0.0636. The zero-order valence-corrected chi connectivity index (χ0v) is 18.3. The quantitative estimate of drug-likeness (QED) is 0.273. The molecule has 0 heterocycles. The Morgan fingerprint density at radius 3 is 2.35 bits per heavy atom. The molecule has 1 atom stereocenters. The van der Waals surface area contributed by atoms with E-state index >= 15 is 0 Å². The van der Waals surface area contributed by atoms with Gasteiger partial charge in [0.1, 0.15) is 17.2 Å². The number of carbonyl (C=O) groups is 3. The first-order valence-electron chi connectivity index (χ1n) is 10.8. The molecule has 2 aliphatic carbocycles. The lowest BCUT2D eigenvalue weighted by atomic mass is 9.75. The highest BCUT2D eigenvalue weighted by atomic mass is 16.5. The van der Waals surface area contributed by atoms with Crippen molar-refractivity contribution >= 4 is 28.8 Å². The van der Waals surface area contributed by atoms with Crippen LogP contribution >= 0.6 is 0 Å². The molecule has 8 nitrogen and oxygen atoms in total. The van der Waals surface area contributed by atoms with Crippen molar-refractivity contribution in [3.8, 4) is 17.2 Å². The first-order chi connectivity index (χ1) is 16.3. The van der Waals surface area contributed by atoms with Crippen LogP contribution in [0.4, 0.5) is 11.4 Å². The molecule has 3 aromatic rings. The zero-order valence-electron chi connectivity index (χ0n) is 18.3. The molecule has 1 unspecified atom stereocenters. The molecule has 5 rings (SSSR count). The van der Waals surface area contributed by atoms with Crippen LogP contribution in [-0.4, -0.2) is 34.8 Å². The maximum absolute atomic E-state index is 13.3.